The zero-order valence-corrected chi connectivity index (χ0v) is 16.9. The standard InChI is InChI=1S/C21H32N6/c1-16(2)27(17(3)4)21-23-10-9-20(25-21)24-19-7-5-18(6-8-19)15-26-13-11-22-12-14-26/h5-10,16-17,22H,11-15H2,1-4H3,(H,23,24,25). The summed E-state index contributed by atoms with van der Waals surface area (Å²) < 4.78 is 0. The molecule has 6 nitrogen and oxygen atoms in total. The van der Waals surface area contributed by atoms with E-state index in [1.807, 2.05) is 12.3 Å². The van der Waals surface area contributed by atoms with Crippen LogP contribution in [0.2, 0.25) is 0 Å². The average molecular weight is 369 g/mol. The Morgan fingerprint density at radius 2 is 1.70 bits per heavy atom. The van der Waals surface area contributed by atoms with Crippen molar-refractivity contribution in [3.8, 4) is 0 Å². The maximum Gasteiger partial charge on any atom is 0.227 e. The zero-order valence-electron chi connectivity index (χ0n) is 16.9. The molecule has 1 aromatic heterocycles. The molecule has 27 heavy (non-hydrogen) atoms. The number of rotatable bonds is 7. The van der Waals surface area contributed by atoms with E-state index in [2.05, 4.69) is 77.4 Å². The number of benzene rings is 1. The Bertz CT molecular complexity index is 699. The molecule has 0 unspecified atom stereocenters. The van der Waals surface area contributed by atoms with Gasteiger partial charge < -0.3 is 15.5 Å². The van der Waals surface area contributed by atoms with Crippen molar-refractivity contribution in [3.63, 3.8) is 0 Å². The van der Waals surface area contributed by atoms with E-state index in [0.29, 0.717) is 12.1 Å². The van der Waals surface area contributed by atoms with Crippen LogP contribution in [0.3, 0.4) is 0 Å². The third-order valence-electron chi connectivity index (χ3n) is 4.83. The number of hydrogen-bond acceptors (Lipinski definition) is 6. The van der Waals surface area contributed by atoms with Crippen LogP contribution >= 0.6 is 0 Å². The largest absolute Gasteiger partial charge is 0.340 e. The summed E-state index contributed by atoms with van der Waals surface area (Å²) in [6.07, 6.45) is 1.82. The smallest absolute Gasteiger partial charge is 0.227 e. The van der Waals surface area contributed by atoms with Crippen LogP contribution in [0, 0.1) is 0 Å². The van der Waals surface area contributed by atoms with Gasteiger partial charge in [0.1, 0.15) is 5.82 Å². The lowest BCUT2D eigenvalue weighted by Gasteiger charge is -2.30. The summed E-state index contributed by atoms with van der Waals surface area (Å²) in [4.78, 5) is 13.9. The van der Waals surface area contributed by atoms with Crippen LogP contribution in [-0.2, 0) is 6.54 Å². The fraction of sp³-hybridized carbons (Fsp3) is 0.524. The quantitative estimate of drug-likeness (QED) is 0.782. The minimum Gasteiger partial charge on any atom is -0.340 e. The molecule has 0 aliphatic carbocycles. The van der Waals surface area contributed by atoms with Crippen LogP contribution in [0.5, 0.6) is 0 Å². The van der Waals surface area contributed by atoms with Gasteiger partial charge in [-0.15, -0.1) is 0 Å². The zero-order chi connectivity index (χ0) is 19.2. The number of aromatic nitrogens is 2. The molecule has 2 N–H and O–H groups in total. The van der Waals surface area contributed by atoms with Gasteiger partial charge in [-0.25, -0.2) is 4.98 Å². The van der Waals surface area contributed by atoms with Crippen molar-refractivity contribution in [1.29, 1.82) is 0 Å². The van der Waals surface area contributed by atoms with E-state index in [1.165, 1.54) is 5.56 Å². The van der Waals surface area contributed by atoms with E-state index >= 15 is 0 Å². The highest BCUT2D eigenvalue weighted by atomic mass is 15.3. The summed E-state index contributed by atoms with van der Waals surface area (Å²) >= 11 is 0. The SMILES string of the molecule is CC(C)N(c1nccc(Nc2ccc(CN3CCNCC3)cc2)n1)C(C)C. The average Bonchev–Trinajstić information content (AvgIpc) is 2.64. The van der Waals surface area contributed by atoms with Crippen LogP contribution in [-0.4, -0.2) is 53.1 Å². The van der Waals surface area contributed by atoms with Crippen molar-refractivity contribution in [2.75, 3.05) is 36.4 Å². The topological polar surface area (TPSA) is 56.3 Å². The summed E-state index contributed by atoms with van der Waals surface area (Å²) in [6.45, 7) is 14.1. The van der Waals surface area contributed by atoms with E-state index < -0.39 is 0 Å². The van der Waals surface area contributed by atoms with Gasteiger partial charge in [0.15, 0.2) is 0 Å². The van der Waals surface area contributed by atoms with Gasteiger partial charge in [0.05, 0.1) is 0 Å². The molecule has 0 spiro atoms. The lowest BCUT2D eigenvalue weighted by molar-refractivity contribution is 0.233. The summed E-state index contributed by atoms with van der Waals surface area (Å²) in [5, 5.41) is 6.80. The second kappa shape index (κ2) is 9.15. The van der Waals surface area contributed by atoms with Gasteiger partial charge in [0.2, 0.25) is 5.95 Å². The summed E-state index contributed by atoms with van der Waals surface area (Å²) in [5.74, 6) is 1.58. The second-order valence-electron chi connectivity index (χ2n) is 7.68. The Labute approximate surface area is 163 Å². The second-order valence-corrected chi connectivity index (χ2v) is 7.68. The molecule has 146 valence electrons. The van der Waals surface area contributed by atoms with Gasteiger partial charge in [0, 0.05) is 56.7 Å². The molecule has 0 atom stereocenters. The third kappa shape index (κ3) is 5.40. The Balaban J connectivity index is 1.65. The molecule has 1 aromatic carbocycles. The van der Waals surface area contributed by atoms with Gasteiger partial charge >= 0.3 is 0 Å². The van der Waals surface area contributed by atoms with Gasteiger partial charge in [-0.3, -0.25) is 4.90 Å². The molecular formula is C21H32N6. The monoisotopic (exact) mass is 368 g/mol. The summed E-state index contributed by atoms with van der Waals surface area (Å²) in [5.41, 5.74) is 2.39. The predicted molar refractivity (Wildman–Crippen MR) is 113 cm³/mol. The van der Waals surface area contributed by atoms with Crippen molar-refractivity contribution < 1.29 is 0 Å². The first-order valence-electron chi connectivity index (χ1n) is 9.93. The number of nitrogens with zero attached hydrogens (tertiary/aromatic N) is 4. The minimum absolute atomic E-state index is 0.351. The fourth-order valence-electron chi connectivity index (χ4n) is 3.57. The number of piperazine rings is 1. The molecular weight excluding hydrogens is 336 g/mol. The molecule has 3 rings (SSSR count). The van der Waals surface area contributed by atoms with E-state index in [4.69, 9.17) is 4.98 Å². The molecule has 1 saturated heterocycles. The number of hydrogen-bond donors (Lipinski definition) is 2. The molecule has 0 saturated carbocycles. The van der Waals surface area contributed by atoms with Crippen LogP contribution in [0.4, 0.5) is 17.5 Å². The maximum absolute atomic E-state index is 4.72. The van der Waals surface area contributed by atoms with Crippen molar-refractivity contribution in [3.05, 3.63) is 42.1 Å². The molecule has 1 aliphatic heterocycles. The van der Waals surface area contributed by atoms with Crippen molar-refractivity contribution in [1.82, 2.24) is 20.2 Å². The molecule has 0 bridgehead atoms. The number of nitrogens with one attached hydrogen (secondary N) is 2. The van der Waals surface area contributed by atoms with Crippen molar-refractivity contribution in [2.45, 2.75) is 46.3 Å². The summed E-state index contributed by atoms with van der Waals surface area (Å²) in [6, 6.07) is 11.3. The van der Waals surface area contributed by atoms with Crippen LogP contribution in [0.15, 0.2) is 36.5 Å². The van der Waals surface area contributed by atoms with Gasteiger partial charge in [-0.05, 0) is 51.5 Å². The first-order valence-corrected chi connectivity index (χ1v) is 9.93. The van der Waals surface area contributed by atoms with Crippen LogP contribution in [0.25, 0.3) is 0 Å². The first-order chi connectivity index (χ1) is 13.0. The molecule has 6 heteroatoms. The lowest BCUT2D eigenvalue weighted by atomic mass is 10.2. The normalized spacial score (nSPS) is 15.3. The van der Waals surface area contributed by atoms with Crippen molar-refractivity contribution in [2.24, 2.45) is 0 Å². The van der Waals surface area contributed by atoms with Gasteiger partial charge in [0.25, 0.3) is 0 Å². The molecule has 1 fully saturated rings. The summed E-state index contributed by atoms with van der Waals surface area (Å²) in [7, 11) is 0. The predicted octanol–water partition coefficient (Wildman–Crippen LogP) is 3.25. The highest BCUT2D eigenvalue weighted by molar-refractivity contribution is 5.57. The maximum atomic E-state index is 4.72. The van der Waals surface area contributed by atoms with Crippen molar-refractivity contribution >= 4 is 17.5 Å². The highest BCUT2D eigenvalue weighted by Gasteiger charge is 2.17. The fourth-order valence-corrected chi connectivity index (χ4v) is 3.57. The Morgan fingerprint density at radius 1 is 1.04 bits per heavy atom. The first kappa shape index (κ1) is 19.6. The van der Waals surface area contributed by atoms with E-state index in [1.54, 1.807) is 0 Å². The van der Waals surface area contributed by atoms with Crippen LogP contribution in [0.1, 0.15) is 33.3 Å². The van der Waals surface area contributed by atoms with E-state index in [0.717, 1.165) is 50.2 Å². The lowest BCUT2D eigenvalue weighted by Crippen LogP contribution is -2.42. The Morgan fingerprint density at radius 3 is 2.33 bits per heavy atom. The van der Waals surface area contributed by atoms with E-state index in [9.17, 15) is 0 Å². The highest BCUT2D eigenvalue weighted by Crippen LogP contribution is 2.20. The third-order valence-corrected chi connectivity index (χ3v) is 4.83. The van der Waals surface area contributed by atoms with Gasteiger partial charge in [-0.2, -0.15) is 4.98 Å². The number of anilines is 3. The molecule has 1 aliphatic rings. The molecule has 2 aromatic rings. The minimum atomic E-state index is 0.351. The molecule has 0 amide bonds. The van der Waals surface area contributed by atoms with Crippen LogP contribution < -0.4 is 15.5 Å². The molecule has 0 radical (unpaired) electrons. The Kier molecular flexibility index (Phi) is 6.63. The Hall–Kier alpha value is -2.18. The van der Waals surface area contributed by atoms with Gasteiger partial charge in [-0.1, -0.05) is 12.1 Å². The van der Waals surface area contributed by atoms with E-state index in [-0.39, 0.29) is 0 Å². The molecule has 2 heterocycles.